The summed E-state index contributed by atoms with van der Waals surface area (Å²) >= 11 is 6.68. The Balaban J connectivity index is 1.64. The van der Waals surface area contributed by atoms with Crippen molar-refractivity contribution in [3.63, 3.8) is 0 Å². The van der Waals surface area contributed by atoms with Crippen LogP contribution in [0.3, 0.4) is 0 Å². The smallest absolute Gasteiger partial charge is 0.417 e. The van der Waals surface area contributed by atoms with Crippen LogP contribution in [0.15, 0.2) is 53.5 Å². The average molecular weight is 656 g/mol. The van der Waals surface area contributed by atoms with Gasteiger partial charge in [0.1, 0.15) is 18.3 Å². The van der Waals surface area contributed by atoms with E-state index in [2.05, 4.69) is 9.80 Å². The van der Waals surface area contributed by atoms with E-state index < -0.39 is 34.6 Å². The van der Waals surface area contributed by atoms with E-state index in [-0.39, 0.29) is 18.8 Å². The summed E-state index contributed by atoms with van der Waals surface area (Å²) in [7, 11) is 1.49. The Morgan fingerprint density at radius 3 is 2.22 bits per heavy atom. The molecule has 2 unspecified atom stereocenters. The minimum Gasteiger partial charge on any atom is -0.463 e. The molecule has 3 aromatic rings. The number of piperidine rings is 2. The molecule has 3 aliphatic rings. The SMILES string of the molecule is COCCOC(=O)C1C(c2ccccc2)=Nc2nc(N3CCCCC3)nc(N3CCCCC3)c2C1c1cccc(C(F)(F)F)c1Cl. The van der Waals surface area contributed by atoms with Crippen LogP contribution in [-0.4, -0.2) is 68.2 Å². The number of fused-ring (bicyclic) bond motifs is 1. The van der Waals surface area contributed by atoms with Crippen LogP contribution in [0.4, 0.5) is 30.8 Å². The van der Waals surface area contributed by atoms with Crippen molar-refractivity contribution in [2.24, 2.45) is 10.9 Å². The third-order valence-corrected chi connectivity index (χ3v) is 9.30. The summed E-state index contributed by atoms with van der Waals surface area (Å²) in [5.41, 5.74) is 0.628. The van der Waals surface area contributed by atoms with E-state index >= 15 is 0 Å². The number of methoxy groups -OCH3 is 1. The molecule has 4 heterocycles. The average Bonchev–Trinajstić information content (AvgIpc) is 3.08. The second-order valence-electron chi connectivity index (χ2n) is 11.9. The Morgan fingerprint density at radius 1 is 0.891 bits per heavy atom. The van der Waals surface area contributed by atoms with E-state index in [1.165, 1.54) is 13.2 Å². The van der Waals surface area contributed by atoms with Crippen LogP contribution in [0.5, 0.6) is 0 Å². The monoisotopic (exact) mass is 655 g/mol. The summed E-state index contributed by atoms with van der Waals surface area (Å²) in [6.45, 7) is 3.14. The number of rotatable bonds is 8. The van der Waals surface area contributed by atoms with Gasteiger partial charge in [-0.15, -0.1) is 0 Å². The third-order valence-electron chi connectivity index (χ3n) is 8.88. The van der Waals surface area contributed by atoms with Gasteiger partial charge in [0.05, 0.1) is 22.9 Å². The lowest BCUT2D eigenvalue weighted by atomic mass is 9.74. The van der Waals surface area contributed by atoms with Gasteiger partial charge in [-0.2, -0.15) is 23.1 Å². The summed E-state index contributed by atoms with van der Waals surface area (Å²) < 4.78 is 53.6. The van der Waals surface area contributed by atoms with Gasteiger partial charge in [0.2, 0.25) is 5.95 Å². The summed E-state index contributed by atoms with van der Waals surface area (Å²) in [5.74, 6) is -1.36. The lowest BCUT2D eigenvalue weighted by Crippen LogP contribution is -2.39. The number of alkyl halides is 3. The van der Waals surface area contributed by atoms with E-state index in [1.54, 1.807) is 6.07 Å². The van der Waals surface area contributed by atoms with Gasteiger partial charge in [-0.25, -0.2) is 4.99 Å². The second kappa shape index (κ2) is 14.0. The molecule has 0 N–H and O–H groups in total. The van der Waals surface area contributed by atoms with Crippen molar-refractivity contribution in [2.75, 3.05) is 56.3 Å². The van der Waals surface area contributed by atoms with E-state index in [0.717, 1.165) is 57.7 Å². The van der Waals surface area contributed by atoms with Crippen molar-refractivity contribution in [3.8, 4) is 0 Å². The van der Waals surface area contributed by atoms with Crippen molar-refractivity contribution in [2.45, 2.75) is 50.6 Å². The van der Waals surface area contributed by atoms with Gasteiger partial charge in [-0.3, -0.25) is 4.79 Å². The molecule has 0 radical (unpaired) electrons. The van der Waals surface area contributed by atoms with Crippen LogP contribution >= 0.6 is 11.6 Å². The maximum atomic E-state index is 14.3. The van der Waals surface area contributed by atoms with Crippen LogP contribution in [0.25, 0.3) is 0 Å². The van der Waals surface area contributed by atoms with Crippen LogP contribution < -0.4 is 9.80 Å². The molecule has 46 heavy (non-hydrogen) atoms. The van der Waals surface area contributed by atoms with Crippen LogP contribution in [0.1, 0.15) is 66.7 Å². The van der Waals surface area contributed by atoms with Gasteiger partial charge < -0.3 is 19.3 Å². The lowest BCUT2D eigenvalue weighted by molar-refractivity contribution is -0.147. The van der Waals surface area contributed by atoms with Crippen molar-refractivity contribution in [1.82, 2.24) is 9.97 Å². The van der Waals surface area contributed by atoms with Gasteiger partial charge in [0.15, 0.2) is 5.82 Å². The molecule has 1 aromatic heterocycles. The first-order valence-electron chi connectivity index (χ1n) is 15.8. The van der Waals surface area contributed by atoms with Crippen LogP contribution in [-0.2, 0) is 20.4 Å². The highest BCUT2D eigenvalue weighted by molar-refractivity contribution is 6.32. The number of esters is 1. The summed E-state index contributed by atoms with van der Waals surface area (Å²) in [4.78, 5) is 33.6. The maximum absolute atomic E-state index is 14.3. The van der Waals surface area contributed by atoms with E-state index in [0.29, 0.717) is 47.5 Å². The molecule has 2 aromatic carbocycles. The highest BCUT2D eigenvalue weighted by Gasteiger charge is 2.46. The van der Waals surface area contributed by atoms with E-state index in [4.69, 9.17) is 36.0 Å². The fourth-order valence-corrected chi connectivity index (χ4v) is 7.00. The van der Waals surface area contributed by atoms with Crippen molar-refractivity contribution >= 4 is 40.9 Å². The number of aliphatic imine (C=N–C) groups is 1. The van der Waals surface area contributed by atoms with E-state index in [9.17, 15) is 18.0 Å². The number of carbonyl (C=O) groups is 1. The van der Waals surface area contributed by atoms with Gasteiger partial charge in [-0.05, 0) is 55.7 Å². The first-order valence-corrected chi connectivity index (χ1v) is 16.2. The number of carbonyl (C=O) groups excluding carboxylic acids is 1. The summed E-state index contributed by atoms with van der Waals surface area (Å²) in [6.07, 6.45) is 1.38. The molecule has 0 spiro atoms. The van der Waals surface area contributed by atoms with Gasteiger partial charge in [0, 0.05) is 44.8 Å². The highest BCUT2D eigenvalue weighted by Crippen LogP contribution is 2.51. The molecular formula is C34H37ClF3N5O3. The Labute approximate surface area is 271 Å². The van der Waals surface area contributed by atoms with Crippen molar-refractivity contribution in [3.05, 3.63) is 75.8 Å². The number of aromatic nitrogens is 2. The number of anilines is 2. The predicted octanol–water partition coefficient (Wildman–Crippen LogP) is 7.20. The fourth-order valence-electron chi connectivity index (χ4n) is 6.65. The first-order chi connectivity index (χ1) is 22.3. The predicted molar refractivity (Wildman–Crippen MR) is 171 cm³/mol. The highest BCUT2D eigenvalue weighted by atomic mass is 35.5. The molecule has 0 saturated carbocycles. The number of nitrogens with zero attached hydrogens (tertiary/aromatic N) is 5. The molecule has 244 valence electrons. The zero-order chi connectivity index (χ0) is 32.3. The number of benzene rings is 2. The number of ether oxygens (including phenoxy) is 2. The zero-order valence-corrected chi connectivity index (χ0v) is 26.5. The van der Waals surface area contributed by atoms with E-state index in [1.807, 2.05) is 30.3 Å². The topological polar surface area (TPSA) is 80.1 Å². The van der Waals surface area contributed by atoms with Gasteiger partial charge >= 0.3 is 12.1 Å². The standard InChI is InChI=1S/C34H37ClF3N5O3/c1-45-20-21-46-32(44)26-25(23-14-11-15-24(28(23)35)34(36,37)38)27-30(39-29(26)22-12-5-2-6-13-22)40-33(43-18-9-4-10-19-43)41-31(27)42-16-7-3-8-17-42/h2,5-6,11-15,25-26H,3-4,7-10,16-21H2,1H3. The summed E-state index contributed by atoms with van der Waals surface area (Å²) in [6, 6.07) is 13.0. The molecule has 2 saturated heterocycles. The Hall–Kier alpha value is -3.70. The van der Waals surface area contributed by atoms with Crippen LogP contribution in [0.2, 0.25) is 5.02 Å². The largest absolute Gasteiger partial charge is 0.463 e. The fraction of sp³-hybridized carbons (Fsp3) is 0.471. The molecule has 2 fully saturated rings. The molecule has 0 aliphatic carbocycles. The second-order valence-corrected chi connectivity index (χ2v) is 12.2. The number of hydrogen-bond acceptors (Lipinski definition) is 8. The minimum atomic E-state index is -4.71. The van der Waals surface area contributed by atoms with Crippen molar-refractivity contribution < 1.29 is 27.4 Å². The molecule has 6 rings (SSSR count). The summed E-state index contributed by atoms with van der Waals surface area (Å²) in [5, 5.41) is -0.473. The quantitative estimate of drug-likeness (QED) is 0.188. The third kappa shape index (κ3) is 6.57. The van der Waals surface area contributed by atoms with Gasteiger partial charge in [0.25, 0.3) is 0 Å². The number of halogens is 4. The molecular weight excluding hydrogens is 619 g/mol. The molecule has 0 amide bonds. The van der Waals surface area contributed by atoms with Gasteiger partial charge in [-0.1, -0.05) is 54.1 Å². The molecule has 0 bridgehead atoms. The molecule has 3 aliphatic heterocycles. The minimum absolute atomic E-state index is 0.0345. The van der Waals surface area contributed by atoms with Crippen molar-refractivity contribution in [1.29, 1.82) is 0 Å². The first kappa shape index (κ1) is 32.2. The Bertz CT molecular complexity index is 1570. The lowest BCUT2D eigenvalue weighted by Gasteiger charge is -2.38. The van der Waals surface area contributed by atoms with Crippen LogP contribution in [0, 0.1) is 5.92 Å². The number of hydrogen-bond donors (Lipinski definition) is 0. The molecule has 2 atom stereocenters. The molecule has 12 heteroatoms. The maximum Gasteiger partial charge on any atom is 0.417 e. The Kier molecular flexibility index (Phi) is 9.79. The zero-order valence-electron chi connectivity index (χ0n) is 25.7. The molecule has 8 nitrogen and oxygen atoms in total. The normalized spacial score (nSPS) is 20.2. The Morgan fingerprint density at radius 2 is 1.57 bits per heavy atom.